The van der Waals surface area contributed by atoms with Crippen molar-refractivity contribution >= 4 is 29.2 Å². The lowest BCUT2D eigenvalue weighted by molar-refractivity contribution is 0.403. The molecule has 0 saturated heterocycles. The van der Waals surface area contributed by atoms with E-state index in [2.05, 4.69) is 25.5 Å². The Morgan fingerprint density at radius 2 is 1.96 bits per heavy atom. The summed E-state index contributed by atoms with van der Waals surface area (Å²) in [6.07, 6.45) is 4.96. The van der Waals surface area contributed by atoms with E-state index in [9.17, 15) is 10.0 Å². The number of H-pyrrole nitrogens is 1. The molecule has 0 amide bonds. The van der Waals surface area contributed by atoms with Crippen LogP contribution in [0.15, 0.2) is 49.1 Å². The molecule has 0 aliphatic carbocycles. The fourth-order valence-electron chi connectivity index (χ4n) is 3.27. The molecular formula is C19H18BN5O3. The first-order valence-electron chi connectivity index (χ1n) is 8.62. The third-order valence-corrected chi connectivity index (χ3v) is 4.66. The zero-order valence-corrected chi connectivity index (χ0v) is 15.3. The highest BCUT2D eigenvalue weighted by Gasteiger charge is 2.22. The van der Waals surface area contributed by atoms with Crippen molar-refractivity contribution in [3.63, 3.8) is 0 Å². The average Bonchev–Trinajstić information content (AvgIpc) is 3.26. The smallest absolute Gasteiger partial charge is 0.492 e. The highest BCUT2D eigenvalue weighted by molar-refractivity contribution is 6.60. The van der Waals surface area contributed by atoms with E-state index in [-0.39, 0.29) is 5.46 Å². The standard InChI is InChI=1S/C19H18BN5O3/c1-21-17-9-24-25-16-5-11(3-4-12(16)17)13-6-15(20(26)27)19(28-2)7-14(13)18-8-22-10-23-18/h3-10,26-27H,1-2H3,(H,21,25)(H,22,23). The summed E-state index contributed by atoms with van der Waals surface area (Å²) in [4.78, 5) is 7.18. The van der Waals surface area contributed by atoms with Crippen molar-refractivity contribution < 1.29 is 14.8 Å². The molecule has 0 unspecified atom stereocenters. The van der Waals surface area contributed by atoms with Gasteiger partial charge in [0, 0.05) is 23.5 Å². The van der Waals surface area contributed by atoms with Crippen molar-refractivity contribution in [3.05, 3.63) is 49.1 Å². The molecule has 4 aromatic rings. The first-order valence-corrected chi connectivity index (χ1v) is 8.62. The second-order valence-electron chi connectivity index (χ2n) is 6.22. The number of fused-ring (bicyclic) bond motifs is 1. The second kappa shape index (κ2) is 7.30. The maximum absolute atomic E-state index is 9.79. The molecule has 0 aliphatic heterocycles. The van der Waals surface area contributed by atoms with Crippen molar-refractivity contribution in [1.82, 2.24) is 20.2 Å². The first kappa shape index (κ1) is 18.0. The summed E-state index contributed by atoms with van der Waals surface area (Å²) in [5.74, 6) is 0.376. The van der Waals surface area contributed by atoms with Crippen molar-refractivity contribution in [1.29, 1.82) is 0 Å². The Kier molecular flexibility index (Phi) is 4.68. The van der Waals surface area contributed by atoms with E-state index >= 15 is 0 Å². The van der Waals surface area contributed by atoms with Gasteiger partial charge in [-0.2, -0.15) is 10.2 Å². The van der Waals surface area contributed by atoms with Crippen LogP contribution in [0.3, 0.4) is 0 Å². The van der Waals surface area contributed by atoms with Crippen molar-refractivity contribution in [2.24, 2.45) is 0 Å². The highest BCUT2D eigenvalue weighted by Crippen LogP contribution is 2.35. The Morgan fingerprint density at radius 1 is 1.11 bits per heavy atom. The van der Waals surface area contributed by atoms with Gasteiger partial charge in [0.2, 0.25) is 0 Å². The molecule has 0 radical (unpaired) electrons. The van der Waals surface area contributed by atoms with Gasteiger partial charge in [-0.1, -0.05) is 12.1 Å². The summed E-state index contributed by atoms with van der Waals surface area (Å²) >= 11 is 0. The van der Waals surface area contributed by atoms with Gasteiger partial charge in [-0.25, -0.2) is 4.98 Å². The number of anilines is 1. The van der Waals surface area contributed by atoms with Gasteiger partial charge in [0.1, 0.15) is 5.75 Å². The Morgan fingerprint density at radius 3 is 2.64 bits per heavy atom. The summed E-state index contributed by atoms with van der Waals surface area (Å²) in [5, 5.41) is 31.9. The van der Waals surface area contributed by atoms with Crippen LogP contribution in [-0.2, 0) is 0 Å². The number of aromatic amines is 1. The molecule has 0 saturated carbocycles. The van der Waals surface area contributed by atoms with Gasteiger partial charge < -0.3 is 25.1 Å². The van der Waals surface area contributed by atoms with Crippen LogP contribution in [0.2, 0.25) is 0 Å². The molecule has 8 nitrogen and oxygen atoms in total. The van der Waals surface area contributed by atoms with Gasteiger partial charge in [-0.15, -0.1) is 0 Å². The number of hydrogen-bond donors (Lipinski definition) is 4. The lowest BCUT2D eigenvalue weighted by atomic mass is 9.77. The van der Waals surface area contributed by atoms with Gasteiger partial charge in [0.05, 0.1) is 42.7 Å². The monoisotopic (exact) mass is 375 g/mol. The van der Waals surface area contributed by atoms with Crippen LogP contribution in [0.1, 0.15) is 0 Å². The van der Waals surface area contributed by atoms with Crippen molar-refractivity contribution in [2.75, 3.05) is 19.5 Å². The van der Waals surface area contributed by atoms with Crippen LogP contribution < -0.4 is 15.5 Å². The SMILES string of the molecule is CNc1cnnc2cc(-c3cc(B(O)O)c(OC)cc3-c3cnc[nH]3)ccc12. The van der Waals surface area contributed by atoms with Crippen LogP contribution in [0.25, 0.3) is 33.3 Å². The Labute approximate surface area is 161 Å². The molecule has 9 heteroatoms. The minimum absolute atomic E-state index is 0.274. The summed E-state index contributed by atoms with van der Waals surface area (Å²) < 4.78 is 5.35. The topological polar surface area (TPSA) is 116 Å². The van der Waals surface area contributed by atoms with E-state index in [1.807, 2.05) is 25.2 Å². The minimum atomic E-state index is -1.67. The minimum Gasteiger partial charge on any atom is -0.497 e. The van der Waals surface area contributed by atoms with Gasteiger partial charge in [-0.05, 0) is 29.3 Å². The Bertz CT molecular complexity index is 1130. The molecule has 2 aromatic heterocycles. The fraction of sp³-hybridized carbons (Fsp3) is 0.105. The van der Waals surface area contributed by atoms with Gasteiger partial charge >= 0.3 is 7.12 Å². The molecule has 4 N–H and O–H groups in total. The number of nitrogens with one attached hydrogen (secondary N) is 2. The summed E-state index contributed by atoms with van der Waals surface area (Å²) in [5.41, 5.74) is 5.11. The van der Waals surface area contributed by atoms with E-state index in [1.165, 1.54) is 7.11 Å². The molecule has 0 atom stereocenters. The number of aromatic nitrogens is 4. The van der Waals surface area contributed by atoms with E-state index in [4.69, 9.17) is 4.74 Å². The quantitative estimate of drug-likeness (QED) is 0.390. The predicted molar refractivity (Wildman–Crippen MR) is 108 cm³/mol. The van der Waals surface area contributed by atoms with E-state index in [0.29, 0.717) is 5.75 Å². The maximum atomic E-state index is 9.79. The molecule has 0 bridgehead atoms. The molecule has 0 aliphatic rings. The molecule has 140 valence electrons. The van der Waals surface area contributed by atoms with Crippen LogP contribution in [-0.4, -0.2) is 51.5 Å². The number of benzene rings is 2. The summed E-state index contributed by atoms with van der Waals surface area (Å²) in [6, 6.07) is 9.30. The summed E-state index contributed by atoms with van der Waals surface area (Å²) in [6.45, 7) is 0. The summed E-state index contributed by atoms with van der Waals surface area (Å²) in [7, 11) is 1.65. The third kappa shape index (κ3) is 3.06. The number of nitrogens with zero attached hydrogens (tertiary/aromatic N) is 3. The average molecular weight is 375 g/mol. The maximum Gasteiger partial charge on any atom is 0.492 e. The lowest BCUT2D eigenvalue weighted by Crippen LogP contribution is -2.31. The highest BCUT2D eigenvalue weighted by atomic mass is 16.5. The molecule has 0 spiro atoms. The number of imidazole rings is 1. The zero-order chi connectivity index (χ0) is 19.7. The third-order valence-electron chi connectivity index (χ3n) is 4.66. The van der Waals surface area contributed by atoms with E-state index in [0.717, 1.165) is 39.0 Å². The van der Waals surface area contributed by atoms with E-state index < -0.39 is 7.12 Å². The Hall–Kier alpha value is -3.43. The normalized spacial score (nSPS) is 10.9. The van der Waals surface area contributed by atoms with Crippen LogP contribution >= 0.6 is 0 Å². The van der Waals surface area contributed by atoms with Gasteiger partial charge in [0.15, 0.2) is 0 Å². The number of ether oxygens (including phenoxy) is 1. The number of rotatable bonds is 5. The second-order valence-corrected chi connectivity index (χ2v) is 6.22. The van der Waals surface area contributed by atoms with Gasteiger partial charge in [0.25, 0.3) is 0 Å². The van der Waals surface area contributed by atoms with E-state index in [1.54, 1.807) is 30.9 Å². The zero-order valence-electron chi connectivity index (χ0n) is 15.3. The molecule has 28 heavy (non-hydrogen) atoms. The van der Waals surface area contributed by atoms with Crippen LogP contribution in [0, 0.1) is 0 Å². The fourth-order valence-corrected chi connectivity index (χ4v) is 3.27. The molecule has 2 heterocycles. The van der Waals surface area contributed by atoms with Gasteiger partial charge in [-0.3, -0.25) is 0 Å². The predicted octanol–water partition coefficient (Wildman–Crippen LogP) is 1.42. The molecule has 4 rings (SSSR count). The molecular weight excluding hydrogens is 357 g/mol. The van der Waals surface area contributed by atoms with Crippen molar-refractivity contribution in [2.45, 2.75) is 0 Å². The van der Waals surface area contributed by atoms with Crippen LogP contribution in [0.4, 0.5) is 5.69 Å². The molecule has 0 fully saturated rings. The largest absolute Gasteiger partial charge is 0.497 e. The first-order chi connectivity index (χ1) is 13.6. The number of hydrogen-bond acceptors (Lipinski definition) is 7. The number of methoxy groups -OCH3 is 1. The van der Waals surface area contributed by atoms with Crippen LogP contribution in [0.5, 0.6) is 5.75 Å². The van der Waals surface area contributed by atoms with Crippen molar-refractivity contribution in [3.8, 4) is 28.1 Å². The molecule has 2 aromatic carbocycles. The lowest BCUT2D eigenvalue weighted by Gasteiger charge is -2.16. The Balaban J connectivity index is 1.97.